The van der Waals surface area contributed by atoms with Crippen molar-refractivity contribution in [2.45, 2.75) is 24.3 Å². The number of thiophene rings is 1. The molecule has 0 spiro atoms. The summed E-state index contributed by atoms with van der Waals surface area (Å²) in [6.45, 7) is 0.884. The molecule has 7 heteroatoms. The highest BCUT2D eigenvalue weighted by molar-refractivity contribution is 9.11. The predicted octanol–water partition coefficient (Wildman–Crippen LogP) is 5.22. The lowest BCUT2D eigenvalue weighted by molar-refractivity contribution is -0.174. The van der Waals surface area contributed by atoms with Gasteiger partial charge in [0.25, 0.3) is 0 Å². The summed E-state index contributed by atoms with van der Waals surface area (Å²) in [5.74, 6) is 0. The first-order valence-corrected chi connectivity index (χ1v) is 7.36. The third kappa shape index (κ3) is 5.72. The zero-order valence-corrected chi connectivity index (χ0v) is 13.0. The fourth-order valence-electron chi connectivity index (χ4n) is 1.22. The maximum Gasteiger partial charge on any atom is 0.411 e. The standard InChI is InChI=1S/C10H11Br2F3OS/c1-6-4-8(12)9(17-6)7(11)2-3-16-5-10(13,14)15/h4,7H,2-3,5H2,1H3. The molecule has 1 aromatic rings. The van der Waals surface area contributed by atoms with Crippen LogP contribution in [-0.2, 0) is 4.74 Å². The molecule has 98 valence electrons. The minimum Gasteiger partial charge on any atom is -0.372 e. The maximum absolute atomic E-state index is 11.8. The largest absolute Gasteiger partial charge is 0.411 e. The van der Waals surface area contributed by atoms with Crippen LogP contribution in [0.25, 0.3) is 0 Å². The molecule has 0 aromatic carbocycles. The fourth-order valence-corrected chi connectivity index (χ4v) is 4.18. The summed E-state index contributed by atoms with van der Waals surface area (Å²) in [6, 6.07) is 1.99. The highest BCUT2D eigenvalue weighted by atomic mass is 79.9. The van der Waals surface area contributed by atoms with Gasteiger partial charge in [-0.25, -0.2) is 0 Å². The first-order valence-electron chi connectivity index (χ1n) is 4.84. The van der Waals surface area contributed by atoms with Gasteiger partial charge in [0.2, 0.25) is 0 Å². The van der Waals surface area contributed by atoms with Gasteiger partial charge in [-0.3, -0.25) is 0 Å². The first-order chi connectivity index (χ1) is 7.79. The van der Waals surface area contributed by atoms with Gasteiger partial charge in [0.1, 0.15) is 6.61 Å². The Morgan fingerprint density at radius 1 is 1.47 bits per heavy atom. The monoisotopic (exact) mass is 394 g/mol. The van der Waals surface area contributed by atoms with Gasteiger partial charge < -0.3 is 4.74 Å². The Hall–Kier alpha value is 0.410. The van der Waals surface area contributed by atoms with Crippen molar-refractivity contribution in [2.75, 3.05) is 13.2 Å². The molecule has 1 aromatic heterocycles. The molecule has 1 nitrogen and oxygen atoms in total. The van der Waals surface area contributed by atoms with E-state index in [1.54, 1.807) is 11.3 Å². The smallest absolute Gasteiger partial charge is 0.372 e. The zero-order valence-electron chi connectivity index (χ0n) is 8.98. The average Bonchev–Trinajstić information content (AvgIpc) is 2.51. The van der Waals surface area contributed by atoms with Crippen LogP contribution < -0.4 is 0 Å². The second-order valence-electron chi connectivity index (χ2n) is 3.49. The topological polar surface area (TPSA) is 9.23 Å². The number of hydrogen-bond acceptors (Lipinski definition) is 2. The summed E-state index contributed by atoms with van der Waals surface area (Å²) in [7, 11) is 0. The van der Waals surface area contributed by atoms with E-state index in [4.69, 9.17) is 0 Å². The van der Waals surface area contributed by atoms with Gasteiger partial charge in [-0.15, -0.1) is 11.3 Å². The van der Waals surface area contributed by atoms with Crippen molar-refractivity contribution in [1.82, 2.24) is 0 Å². The van der Waals surface area contributed by atoms with Crippen molar-refractivity contribution >= 4 is 43.2 Å². The Morgan fingerprint density at radius 3 is 2.59 bits per heavy atom. The van der Waals surface area contributed by atoms with Crippen molar-refractivity contribution in [3.8, 4) is 0 Å². The average molecular weight is 396 g/mol. The number of aryl methyl sites for hydroxylation is 1. The van der Waals surface area contributed by atoms with Gasteiger partial charge in [-0.05, 0) is 35.3 Å². The molecule has 0 N–H and O–H groups in total. The van der Waals surface area contributed by atoms with Crippen LogP contribution in [0.2, 0.25) is 0 Å². The second-order valence-corrected chi connectivity index (χ2v) is 6.74. The molecule has 0 aliphatic carbocycles. The number of alkyl halides is 4. The lowest BCUT2D eigenvalue weighted by Gasteiger charge is -2.10. The number of rotatable bonds is 5. The van der Waals surface area contributed by atoms with E-state index in [1.165, 1.54) is 0 Å². The minimum atomic E-state index is -4.25. The first kappa shape index (κ1) is 15.5. The van der Waals surface area contributed by atoms with E-state index in [9.17, 15) is 13.2 Å². The van der Waals surface area contributed by atoms with Crippen LogP contribution in [0.4, 0.5) is 13.2 Å². The molecule has 0 fully saturated rings. The highest BCUT2D eigenvalue weighted by Crippen LogP contribution is 2.38. The lowest BCUT2D eigenvalue weighted by Crippen LogP contribution is -2.17. The van der Waals surface area contributed by atoms with Crippen LogP contribution in [0.15, 0.2) is 10.5 Å². The number of halogens is 5. The van der Waals surface area contributed by atoms with E-state index < -0.39 is 12.8 Å². The SMILES string of the molecule is Cc1cc(Br)c(C(Br)CCOCC(F)(F)F)s1. The van der Waals surface area contributed by atoms with Crippen molar-refractivity contribution < 1.29 is 17.9 Å². The summed E-state index contributed by atoms with van der Waals surface area (Å²) >= 11 is 8.48. The molecule has 0 aliphatic heterocycles. The fraction of sp³-hybridized carbons (Fsp3) is 0.600. The maximum atomic E-state index is 11.8. The molecule has 0 saturated carbocycles. The molecule has 17 heavy (non-hydrogen) atoms. The number of hydrogen-bond donors (Lipinski definition) is 0. The summed E-state index contributed by atoms with van der Waals surface area (Å²) in [5.41, 5.74) is 0. The van der Waals surface area contributed by atoms with Crippen LogP contribution in [0.5, 0.6) is 0 Å². The summed E-state index contributed by atoms with van der Waals surface area (Å²) in [6.07, 6.45) is -3.74. The van der Waals surface area contributed by atoms with E-state index in [1.807, 2.05) is 13.0 Å². The van der Waals surface area contributed by atoms with Crippen LogP contribution >= 0.6 is 43.2 Å². The summed E-state index contributed by atoms with van der Waals surface area (Å²) in [4.78, 5) is 2.26. The summed E-state index contributed by atoms with van der Waals surface area (Å²) < 4.78 is 41.0. The molecule has 1 unspecified atom stereocenters. The molecular weight excluding hydrogens is 385 g/mol. The van der Waals surface area contributed by atoms with Gasteiger partial charge in [0, 0.05) is 20.8 Å². The van der Waals surface area contributed by atoms with Crippen LogP contribution in [-0.4, -0.2) is 19.4 Å². The second kappa shape index (κ2) is 6.54. The molecule has 1 heterocycles. The van der Waals surface area contributed by atoms with E-state index in [0.717, 1.165) is 14.2 Å². The number of ether oxygens (including phenoxy) is 1. The van der Waals surface area contributed by atoms with Crippen LogP contribution in [0, 0.1) is 6.92 Å². The Kier molecular flexibility index (Phi) is 5.95. The third-order valence-corrected chi connectivity index (χ3v) is 5.20. The zero-order chi connectivity index (χ0) is 13.1. The molecule has 1 atom stereocenters. The van der Waals surface area contributed by atoms with E-state index in [2.05, 4.69) is 36.6 Å². The Balaban J connectivity index is 2.35. The molecule has 0 radical (unpaired) electrons. The van der Waals surface area contributed by atoms with E-state index >= 15 is 0 Å². The van der Waals surface area contributed by atoms with Gasteiger partial charge in [-0.2, -0.15) is 13.2 Å². The van der Waals surface area contributed by atoms with Gasteiger partial charge in [0.15, 0.2) is 0 Å². The Labute approximate surface area is 119 Å². The lowest BCUT2D eigenvalue weighted by atomic mass is 10.3. The van der Waals surface area contributed by atoms with Crippen molar-refractivity contribution in [1.29, 1.82) is 0 Å². The quantitative estimate of drug-likeness (QED) is 0.490. The Morgan fingerprint density at radius 2 is 2.12 bits per heavy atom. The van der Waals surface area contributed by atoms with E-state index in [0.29, 0.717) is 6.42 Å². The van der Waals surface area contributed by atoms with Gasteiger partial charge >= 0.3 is 6.18 Å². The molecule has 0 aliphatic rings. The normalized spacial score (nSPS) is 14.0. The third-order valence-electron chi connectivity index (χ3n) is 1.90. The molecule has 1 rings (SSSR count). The molecule has 0 amide bonds. The van der Waals surface area contributed by atoms with Gasteiger partial charge in [0.05, 0.1) is 4.83 Å². The van der Waals surface area contributed by atoms with Crippen molar-refractivity contribution in [3.63, 3.8) is 0 Å². The molecule has 0 bridgehead atoms. The summed E-state index contributed by atoms with van der Waals surface area (Å²) in [5, 5.41) is 0. The Bertz CT molecular complexity index is 365. The van der Waals surface area contributed by atoms with Gasteiger partial charge in [-0.1, -0.05) is 15.9 Å². The van der Waals surface area contributed by atoms with Crippen molar-refractivity contribution in [2.24, 2.45) is 0 Å². The molecular formula is C10H11Br2F3OS. The van der Waals surface area contributed by atoms with E-state index in [-0.39, 0.29) is 11.4 Å². The molecule has 0 saturated heterocycles. The van der Waals surface area contributed by atoms with Crippen LogP contribution in [0.3, 0.4) is 0 Å². The van der Waals surface area contributed by atoms with Crippen molar-refractivity contribution in [3.05, 3.63) is 20.3 Å². The minimum absolute atomic E-state index is 0.0174. The predicted molar refractivity (Wildman–Crippen MR) is 69.9 cm³/mol. The highest BCUT2D eigenvalue weighted by Gasteiger charge is 2.27. The van der Waals surface area contributed by atoms with Crippen LogP contribution in [0.1, 0.15) is 21.0 Å².